The van der Waals surface area contributed by atoms with Gasteiger partial charge in [0.05, 0.1) is 17.7 Å². The van der Waals surface area contributed by atoms with Crippen molar-refractivity contribution in [2.75, 3.05) is 11.9 Å². The average molecular weight is 222 g/mol. The summed E-state index contributed by atoms with van der Waals surface area (Å²) in [6.07, 6.45) is 2.54. The van der Waals surface area contributed by atoms with Gasteiger partial charge in [-0.3, -0.25) is 0 Å². The monoisotopic (exact) mass is 222 g/mol. The van der Waals surface area contributed by atoms with Crippen LogP contribution >= 0.6 is 0 Å². The van der Waals surface area contributed by atoms with Crippen molar-refractivity contribution < 1.29 is 14.6 Å². The summed E-state index contributed by atoms with van der Waals surface area (Å²) in [6.45, 7) is 2.73. The van der Waals surface area contributed by atoms with Crippen molar-refractivity contribution in [2.24, 2.45) is 0 Å². The fourth-order valence-corrected chi connectivity index (χ4v) is 1.75. The lowest BCUT2D eigenvalue weighted by Gasteiger charge is -2.16. The van der Waals surface area contributed by atoms with E-state index in [0.29, 0.717) is 5.82 Å². The van der Waals surface area contributed by atoms with Crippen LogP contribution in [0, 0.1) is 0 Å². The Bertz CT molecular complexity index is 395. The summed E-state index contributed by atoms with van der Waals surface area (Å²) in [7, 11) is 0. The Hall–Kier alpha value is -1.62. The number of rotatable bonds is 3. The summed E-state index contributed by atoms with van der Waals surface area (Å²) in [6, 6.07) is 3.21. The highest BCUT2D eigenvalue weighted by atomic mass is 16.5. The molecule has 1 saturated heterocycles. The van der Waals surface area contributed by atoms with E-state index in [1.807, 2.05) is 6.92 Å². The molecule has 2 heterocycles. The van der Waals surface area contributed by atoms with Crippen molar-refractivity contribution in [1.29, 1.82) is 0 Å². The lowest BCUT2D eigenvalue weighted by Crippen LogP contribution is -2.27. The molecule has 0 amide bonds. The summed E-state index contributed by atoms with van der Waals surface area (Å²) in [5.41, 5.74) is 0.240. The van der Waals surface area contributed by atoms with Crippen molar-refractivity contribution >= 4 is 11.8 Å². The summed E-state index contributed by atoms with van der Waals surface area (Å²) in [5.74, 6) is -0.358. The third-order valence-electron chi connectivity index (χ3n) is 2.72. The number of hydrogen-bond acceptors (Lipinski definition) is 4. The molecule has 5 heteroatoms. The van der Waals surface area contributed by atoms with Crippen LogP contribution in [0.25, 0.3) is 0 Å². The van der Waals surface area contributed by atoms with E-state index in [2.05, 4.69) is 10.3 Å². The van der Waals surface area contributed by atoms with Gasteiger partial charge < -0.3 is 15.2 Å². The molecule has 1 aromatic rings. The minimum atomic E-state index is -0.943. The Morgan fingerprint density at radius 3 is 3.12 bits per heavy atom. The third kappa shape index (κ3) is 2.30. The molecule has 2 rings (SSSR count). The molecule has 16 heavy (non-hydrogen) atoms. The Morgan fingerprint density at radius 2 is 2.50 bits per heavy atom. The number of anilines is 1. The number of carbonyl (C=O) groups is 1. The molecule has 0 bridgehead atoms. The molecule has 0 radical (unpaired) electrons. The second-order valence-corrected chi connectivity index (χ2v) is 3.85. The van der Waals surface area contributed by atoms with Crippen LogP contribution in [0.4, 0.5) is 5.82 Å². The van der Waals surface area contributed by atoms with E-state index >= 15 is 0 Å². The maximum absolute atomic E-state index is 10.8. The normalized spacial score (nSPS) is 24.3. The SMILES string of the molecule is CC1OCCC1Nc1cc(C(=O)O)ccn1. The van der Waals surface area contributed by atoms with Crippen LogP contribution in [0.15, 0.2) is 18.3 Å². The number of aromatic carboxylic acids is 1. The molecule has 0 aliphatic carbocycles. The molecule has 1 aliphatic rings. The van der Waals surface area contributed by atoms with Crippen molar-refractivity contribution in [3.63, 3.8) is 0 Å². The van der Waals surface area contributed by atoms with Gasteiger partial charge in [0, 0.05) is 12.8 Å². The molecular formula is C11H14N2O3. The first kappa shape index (κ1) is 10.9. The molecular weight excluding hydrogens is 208 g/mol. The quantitative estimate of drug-likeness (QED) is 0.808. The first-order chi connectivity index (χ1) is 7.66. The van der Waals surface area contributed by atoms with Crippen molar-refractivity contribution in [3.05, 3.63) is 23.9 Å². The Balaban J connectivity index is 2.09. The molecule has 1 fully saturated rings. The summed E-state index contributed by atoms with van der Waals surface area (Å²) in [5, 5.41) is 12.0. The van der Waals surface area contributed by atoms with Gasteiger partial charge in [-0.05, 0) is 25.5 Å². The second-order valence-electron chi connectivity index (χ2n) is 3.85. The molecule has 86 valence electrons. The first-order valence-corrected chi connectivity index (χ1v) is 5.24. The zero-order valence-corrected chi connectivity index (χ0v) is 9.01. The van der Waals surface area contributed by atoms with Crippen molar-refractivity contribution in [1.82, 2.24) is 4.98 Å². The van der Waals surface area contributed by atoms with Gasteiger partial charge in [0.1, 0.15) is 5.82 Å². The zero-order valence-electron chi connectivity index (χ0n) is 9.01. The predicted octanol–water partition coefficient (Wildman–Crippen LogP) is 1.37. The van der Waals surface area contributed by atoms with E-state index in [9.17, 15) is 4.79 Å². The van der Waals surface area contributed by atoms with Gasteiger partial charge in [0.2, 0.25) is 0 Å². The molecule has 5 nitrogen and oxygen atoms in total. The number of nitrogens with one attached hydrogen (secondary N) is 1. The molecule has 0 aromatic carbocycles. The molecule has 0 saturated carbocycles. The van der Waals surface area contributed by atoms with Gasteiger partial charge in [-0.15, -0.1) is 0 Å². The number of nitrogens with zero attached hydrogens (tertiary/aromatic N) is 1. The standard InChI is InChI=1S/C11H14N2O3/c1-7-9(3-5-16-7)13-10-6-8(11(14)15)2-4-12-10/h2,4,6-7,9H,3,5H2,1H3,(H,12,13)(H,14,15). The zero-order chi connectivity index (χ0) is 11.5. The Kier molecular flexibility index (Phi) is 3.05. The van der Waals surface area contributed by atoms with Crippen LogP contribution in [0.3, 0.4) is 0 Å². The lowest BCUT2D eigenvalue weighted by atomic mass is 10.1. The van der Waals surface area contributed by atoms with E-state index in [1.54, 1.807) is 0 Å². The molecule has 0 spiro atoms. The van der Waals surface area contributed by atoms with Gasteiger partial charge >= 0.3 is 5.97 Å². The summed E-state index contributed by atoms with van der Waals surface area (Å²) in [4.78, 5) is 14.9. The number of carboxylic acids is 1. The minimum Gasteiger partial charge on any atom is -0.478 e. The van der Waals surface area contributed by atoms with Gasteiger partial charge in [0.25, 0.3) is 0 Å². The minimum absolute atomic E-state index is 0.135. The number of pyridine rings is 1. The smallest absolute Gasteiger partial charge is 0.335 e. The summed E-state index contributed by atoms with van der Waals surface area (Å²) >= 11 is 0. The van der Waals surface area contributed by atoms with Gasteiger partial charge in [-0.2, -0.15) is 0 Å². The van der Waals surface area contributed by atoms with Crippen LogP contribution in [0.1, 0.15) is 23.7 Å². The van der Waals surface area contributed by atoms with Crippen molar-refractivity contribution in [3.8, 4) is 0 Å². The van der Waals surface area contributed by atoms with E-state index in [4.69, 9.17) is 9.84 Å². The average Bonchev–Trinajstić information content (AvgIpc) is 2.65. The van der Waals surface area contributed by atoms with E-state index in [0.717, 1.165) is 13.0 Å². The second kappa shape index (κ2) is 4.49. The fraction of sp³-hybridized carbons (Fsp3) is 0.455. The Labute approximate surface area is 93.5 Å². The molecule has 2 N–H and O–H groups in total. The summed E-state index contributed by atoms with van der Waals surface area (Å²) < 4.78 is 5.41. The van der Waals surface area contributed by atoms with Crippen LogP contribution in [0.2, 0.25) is 0 Å². The van der Waals surface area contributed by atoms with Crippen LogP contribution in [-0.4, -0.2) is 34.8 Å². The highest BCUT2D eigenvalue weighted by molar-refractivity contribution is 5.88. The van der Waals surface area contributed by atoms with E-state index < -0.39 is 5.97 Å². The van der Waals surface area contributed by atoms with Crippen LogP contribution < -0.4 is 5.32 Å². The topological polar surface area (TPSA) is 71.5 Å². The highest BCUT2D eigenvalue weighted by Crippen LogP contribution is 2.18. The van der Waals surface area contributed by atoms with Crippen LogP contribution in [0.5, 0.6) is 0 Å². The maximum atomic E-state index is 10.8. The highest BCUT2D eigenvalue weighted by Gasteiger charge is 2.24. The molecule has 1 aromatic heterocycles. The fourth-order valence-electron chi connectivity index (χ4n) is 1.75. The number of hydrogen-bond donors (Lipinski definition) is 2. The maximum Gasteiger partial charge on any atom is 0.335 e. The molecule has 2 unspecified atom stereocenters. The predicted molar refractivity (Wildman–Crippen MR) is 58.6 cm³/mol. The van der Waals surface area contributed by atoms with Crippen molar-refractivity contribution in [2.45, 2.75) is 25.5 Å². The van der Waals surface area contributed by atoms with Gasteiger partial charge in [0.15, 0.2) is 0 Å². The van der Waals surface area contributed by atoms with E-state index in [-0.39, 0.29) is 17.7 Å². The molecule has 2 atom stereocenters. The van der Waals surface area contributed by atoms with Crippen LogP contribution in [-0.2, 0) is 4.74 Å². The van der Waals surface area contributed by atoms with E-state index in [1.165, 1.54) is 18.3 Å². The lowest BCUT2D eigenvalue weighted by molar-refractivity contribution is 0.0697. The third-order valence-corrected chi connectivity index (χ3v) is 2.72. The number of aromatic nitrogens is 1. The van der Waals surface area contributed by atoms with Gasteiger partial charge in [-0.25, -0.2) is 9.78 Å². The number of carboxylic acid groups (broad SMARTS) is 1. The molecule has 1 aliphatic heterocycles. The Morgan fingerprint density at radius 1 is 1.69 bits per heavy atom. The first-order valence-electron chi connectivity index (χ1n) is 5.24. The number of ether oxygens (including phenoxy) is 1. The largest absolute Gasteiger partial charge is 0.478 e. The van der Waals surface area contributed by atoms with Gasteiger partial charge in [-0.1, -0.05) is 0 Å².